The number of ether oxygens (including phenoxy) is 2. The minimum atomic E-state index is 0.589. The van der Waals surface area contributed by atoms with Gasteiger partial charge in [-0.2, -0.15) is 0 Å². The zero-order valence-corrected chi connectivity index (χ0v) is 12.2. The highest BCUT2D eigenvalue weighted by atomic mass is 79.9. The molecular weight excluding hydrogens is 280 g/mol. The van der Waals surface area contributed by atoms with Crippen LogP contribution in [0.15, 0.2) is 24.3 Å². The normalized spacial score (nSPS) is 12.4. The molecule has 0 heterocycles. The lowest BCUT2D eigenvalue weighted by molar-refractivity contribution is 0.184. The molecule has 0 aromatic heterocycles. The van der Waals surface area contributed by atoms with Gasteiger partial charge in [0.05, 0.1) is 13.2 Å². The van der Waals surface area contributed by atoms with Gasteiger partial charge in [0.1, 0.15) is 5.75 Å². The monoisotopic (exact) mass is 300 g/mol. The predicted molar refractivity (Wildman–Crippen MR) is 74.8 cm³/mol. The van der Waals surface area contributed by atoms with E-state index in [2.05, 4.69) is 22.9 Å². The van der Waals surface area contributed by atoms with E-state index in [-0.39, 0.29) is 0 Å². The molecule has 0 aliphatic heterocycles. The molecule has 0 bridgehead atoms. The van der Waals surface area contributed by atoms with Crippen molar-refractivity contribution in [2.45, 2.75) is 26.4 Å². The van der Waals surface area contributed by atoms with E-state index < -0.39 is 0 Å². The van der Waals surface area contributed by atoms with Crippen molar-refractivity contribution in [2.75, 3.05) is 19.0 Å². The molecule has 17 heavy (non-hydrogen) atoms. The molecule has 1 rings (SSSR count). The summed E-state index contributed by atoms with van der Waals surface area (Å²) >= 11 is 3.53. The second-order valence-electron chi connectivity index (χ2n) is 4.20. The van der Waals surface area contributed by atoms with Crippen LogP contribution in [0.5, 0.6) is 5.75 Å². The summed E-state index contributed by atoms with van der Waals surface area (Å²) in [4.78, 5) is 0. The fraction of sp³-hybridized carbons (Fsp3) is 0.571. The zero-order chi connectivity index (χ0) is 12.5. The number of hydrogen-bond donors (Lipinski definition) is 0. The van der Waals surface area contributed by atoms with Gasteiger partial charge in [-0.05, 0) is 24.1 Å². The third-order valence-electron chi connectivity index (χ3n) is 2.61. The molecule has 0 amide bonds. The number of hydrogen-bond acceptors (Lipinski definition) is 2. The Kier molecular flexibility index (Phi) is 7.29. The summed E-state index contributed by atoms with van der Waals surface area (Å²) in [6.07, 6.45) is 2.40. The largest absolute Gasteiger partial charge is 0.493 e. The molecule has 0 N–H and O–H groups in total. The van der Waals surface area contributed by atoms with Gasteiger partial charge in [0, 0.05) is 18.4 Å². The van der Waals surface area contributed by atoms with Crippen molar-refractivity contribution < 1.29 is 9.47 Å². The maximum atomic E-state index is 5.81. The molecule has 0 fully saturated rings. The van der Waals surface area contributed by atoms with Gasteiger partial charge in [-0.3, -0.25) is 0 Å². The summed E-state index contributed by atoms with van der Waals surface area (Å²) in [6, 6.07) is 8.09. The third-order valence-corrected chi connectivity index (χ3v) is 3.53. The molecule has 1 atom stereocenters. The van der Waals surface area contributed by atoms with Crippen LogP contribution in [0.4, 0.5) is 0 Å². The molecule has 2 nitrogen and oxygen atoms in total. The Morgan fingerprint density at radius 2 is 2.18 bits per heavy atom. The first-order valence-corrected chi connectivity index (χ1v) is 7.19. The van der Waals surface area contributed by atoms with E-state index in [0.29, 0.717) is 12.5 Å². The molecule has 1 unspecified atom stereocenters. The molecular formula is C14H21BrO2. The molecule has 0 saturated heterocycles. The summed E-state index contributed by atoms with van der Waals surface area (Å²) in [5.74, 6) is 1.52. The molecule has 96 valence electrons. The van der Waals surface area contributed by atoms with E-state index in [9.17, 15) is 0 Å². The van der Waals surface area contributed by atoms with E-state index in [4.69, 9.17) is 9.47 Å². The first-order valence-electron chi connectivity index (χ1n) is 6.06. The van der Waals surface area contributed by atoms with Crippen LogP contribution in [0.25, 0.3) is 0 Å². The number of rotatable bonds is 8. The van der Waals surface area contributed by atoms with Crippen LogP contribution in [0.1, 0.15) is 25.3 Å². The topological polar surface area (TPSA) is 18.5 Å². The number of alkyl halides is 1. The number of benzene rings is 1. The van der Waals surface area contributed by atoms with Crippen LogP contribution < -0.4 is 4.74 Å². The van der Waals surface area contributed by atoms with E-state index in [1.54, 1.807) is 7.11 Å². The minimum absolute atomic E-state index is 0.589. The first-order chi connectivity index (χ1) is 8.30. The molecule has 1 aromatic carbocycles. The molecule has 3 heteroatoms. The molecule has 0 spiro atoms. The highest BCUT2D eigenvalue weighted by molar-refractivity contribution is 9.09. The summed E-state index contributed by atoms with van der Waals surface area (Å²) in [7, 11) is 1.70. The van der Waals surface area contributed by atoms with Gasteiger partial charge in [-0.25, -0.2) is 0 Å². The molecule has 1 aromatic rings. The second-order valence-corrected chi connectivity index (χ2v) is 4.85. The van der Waals surface area contributed by atoms with Gasteiger partial charge >= 0.3 is 0 Å². The standard InChI is InChI=1S/C14H21BrO2/c1-3-5-13(9-15)11-17-14-7-4-6-12(8-14)10-16-2/h4,6-8,13H,3,5,9-11H2,1-2H3. The molecule has 0 aliphatic carbocycles. The Labute approximate surface area is 112 Å². The van der Waals surface area contributed by atoms with Crippen LogP contribution in [-0.2, 0) is 11.3 Å². The highest BCUT2D eigenvalue weighted by Crippen LogP contribution is 2.17. The fourth-order valence-corrected chi connectivity index (χ4v) is 2.23. The van der Waals surface area contributed by atoms with Crippen LogP contribution >= 0.6 is 15.9 Å². The van der Waals surface area contributed by atoms with Crippen molar-refractivity contribution in [2.24, 2.45) is 5.92 Å². The summed E-state index contributed by atoms with van der Waals surface area (Å²) in [6.45, 7) is 3.61. The average molecular weight is 301 g/mol. The smallest absolute Gasteiger partial charge is 0.119 e. The molecule has 0 saturated carbocycles. The van der Waals surface area contributed by atoms with Crippen LogP contribution in [-0.4, -0.2) is 19.0 Å². The Morgan fingerprint density at radius 3 is 2.82 bits per heavy atom. The minimum Gasteiger partial charge on any atom is -0.493 e. The Hall–Kier alpha value is -0.540. The first kappa shape index (κ1) is 14.5. The highest BCUT2D eigenvalue weighted by Gasteiger charge is 2.07. The Balaban J connectivity index is 2.47. The van der Waals surface area contributed by atoms with E-state index in [1.807, 2.05) is 24.3 Å². The van der Waals surface area contributed by atoms with Crippen LogP contribution in [0, 0.1) is 5.92 Å². The van der Waals surface area contributed by atoms with E-state index >= 15 is 0 Å². The Morgan fingerprint density at radius 1 is 1.35 bits per heavy atom. The van der Waals surface area contributed by atoms with Gasteiger partial charge in [0.25, 0.3) is 0 Å². The summed E-state index contributed by atoms with van der Waals surface area (Å²) in [5.41, 5.74) is 1.15. The lowest BCUT2D eigenvalue weighted by Crippen LogP contribution is -2.13. The quantitative estimate of drug-likeness (QED) is 0.675. The fourth-order valence-electron chi connectivity index (χ4n) is 1.72. The van der Waals surface area contributed by atoms with Crippen molar-refractivity contribution in [3.63, 3.8) is 0 Å². The van der Waals surface area contributed by atoms with Crippen molar-refractivity contribution in [1.29, 1.82) is 0 Å². The number of halogens is 1. The zero-order valence-electron chi connectivity index (χ0n) is 10.6. The average Bonchev–Trinajstić information content (AvgIpc) is 2.35. The van der Waals surface area contributed by atoms with Crippen molar-refractivity contribution in [3.8, 4) is 5.75 Å². The van der Waals surface area contributed by atoms with Gasteiger partial charge < -0.3 is 9.47 Å². The SMILES string of the molecule is CCCC(CBr)COc1cccc(COC)c1. The van der Waals surface area contributed by atoms with Crippen molar-refractivity contribution in [1.82, 2.24) is 0 Å². The lowest BCUT2D eigenvalue weighted by Gasteiger charge is -2.14. The van der Waals surface area contributed by atoms with E-state index in [0.717, 1.165) is 23.2 Å². The Bertz CT molecular complexity index is 315. The van der Waals surface area contributed by atoms with E-state index in [1.165, 1.54) is 12.8 Å². The van der Waals surface area contributed by atoms with Crippen LogP contribution in [0.2, 0.25) is 0 Å². The summed E-state index contributed by atoms with van der Waals surface area (Å²) in [5, 5.41) is 0.999. The third kappa shape index (κ3) is 5.55. The number of methoxy groups -OCH3 is 1. The van der Waals surface area contributed by atoms with Gasteiger partial charge in [-0.1, -0.05) is 41.4 Å². The predicted octanol–water partition coefficient (Wildman–Crippen LogP) is 4.02. The van der Waals surface area contributed by atoms with Crippen molar-refractivity contribution >= 4 is 15.9 Å². The van der Waals surface area contributed by atoms with Crippen molar-refractivity contribution in [3.05, 3.63) is 29.8 Å². The maximum absolute atomic E-state index is 5.81. The molecule has 0 aliphatic rings. The van der Waals surface area contributed by atoms with Gasteiger partial charge in [0.15, 0.2) is 0 Å². The molecule has 0 radical (unpaired) electrons. The van der Waals surface area contributed by atoms with Gasteiger partial charge in [0.2, 0.25) is 0 Å². The van der Waals surface area contributed by atoms with Gasteiger partial charge in [-0.15, -0.1) is 0 Å². The lowest BCUT2D eigenvalue weighted by atomic mass is 10.1. The maximum Gasteiger partial charge on any atom is 0.119 e. The second kappa shape index (κ2) is 8.54. The van der Waals surface area contributed by atoms with Crippen LogP contribution in [0.3, 0.4) is 0 Å². The summed E-state index contributed by atoms with van der Waals surface area (Å²) < 4.78 is 10.9.